The van der Waals surface area contributed by atoms with Gasteiger partial charge in [0.25, 0.3) is 5.91 Å². The number of halogens is 1. The number of pyridine rings is 1. The van der Waals surface area contributed by atoms with E-state index in [0.717, 1.165) is 6.20 Å². The molecule has 0 atom stereocenters. The van der Waals surface area contributed by atoms with Gasteiger partial charge in [-0.1, -0.05) is 24.4 Å². The van der Waals surface area contributed by atoms with Crippen molar-refractivity contribution in [1.82, 2.24) is 4.98 Å². The van der Waals surface area contributed by atoms with Gasteiger partial charge in [0.05, 0.1) is 11.9 Å². The summed E-state index contributed by atoms with van der Waals surface area (Å²) in [6, 6.07) is 7.88. The van der Waals surface area contributed by atoms with Crippen molar-refractivity contribution in [3.8, 4) is 0 Å². The molecule has 1 heterocycles. The lowest BCUT2D eigenvalue weighted by molar-refractivity contribution is 0.102. The lowest BCUT2D eigenvalue weighted by atomic mass is 10.1. The SMILES string of the molecule is NC(=S)c1cccc(C(=O)Nc2ccncc2F)c1. The minimum absolute atomic E-state index is 0.0701. The fourth-order valence-corrected chi connectivity index (χ4v) is 1.61. The highest BCUT2D eigenvalue weighted by Gasteiger charge is 2.10. The van der Waals surface area contributed by atoms with Crippen molar-refractivity contribution in [3.05, 3.63) is 59.7 Å². The van der Waals surface area contributed by atoms with Crippen LogP contribution in [0.5, 0.6) is 0 Å². The molecule has 1 aromatic carbocycles. The number of aromatic nitrogens is 1. The first kappa shape index (κ1) is 13.1. The first-order valence-corrected chi connectivity index (χ1v) is 5.79. The monoisotopic (exact) mass is 275 g/mol. The number of benzene rings is 1. The van der Waals surface area contributed by atoms with Crippen LogP contribution in [-0.2, 0) is 0 Å². The molecule has 0 aliphatic rings. The maximum Gasteiger partial charge on any atom is 0.255 e. The molecule has 2 aromatic rings. The van der Waals surface area contributed by atoms with Gasteiger partial charge in [-0.2, -0.15) is 0 Å². The predicted octanol–water partition coefficient (Wildman–Crippen LogP) is 2.11. The standard InChI is InChI=1S/C13H10FN3OS/c14-10-7-16-5-4-11(10)17-13(18)9-3-1-2-8(6-9)12(15)19/h1-7H,(H2,15,19)(H,16,17,18). The van der Waals surface area contributed by atoms with Gasteiger partial charge in [0.1, 0.15) is 4.99 Å². The van der Waals surface area contributed by atoms with E-state index in [9.17, 15) is 9.18 Å². The van der Waals surface area contributed by atoms with Crippen LogP contribution in [-0.4, -0.2) is 15.9 Å². The molecule has 96 valence electrons. The minimum Gasteiger partial charge on any atom is -0.389 e. The van der Waals surface area contributed by atoms with E-state index in [1.165, 1.54) is 12.3 Å². The van der Waals surface area contributed by atoms with Crippen LogP contribution in [0.15, 0.2) is 42.7 Å². The highest BCUT2D eigenvalue weighted by atomic mass is 32.1. The number of carbonyl (C=O) groups is 1. The van der Waals surface area contributed by atoms with Crippen LogP contribution in [0.2, 0.25) is 0 Å². The van der Waals surface area contributed by atoms with E-state index < -0.39 is 11.7 Å². The fourth-order valence-electron chi connectivity index (χ4n) is 1.48. The molecule has 1 amide bonds. The number of hydrogen-bond donors (Lipinski definition) is 2. The Morgan fingerprint density at radius 2 is 2.05 bits per heavy atom. The Morgan fingerprint density at radius 3 is 2.74 bits per heavy atom. The second-order valence-corrected chi connectivity index (χ2v) is 4.19. The van der Waals surface area contributed by atoms with Crippen LogP contribution >= 0.6 is 12.2 Å². The van der Waals surface area contributed by atoms with Crippen molar-refractivity contribution < 1.29 is 9.18 Å². The van der Waals surface area contributed by atoms with Gasteiger partial charge in [-0.3, -0.25) is 9.78 Å². The van der Waals surface area contributed by atoms with Crippen molar-refractivity contribution in [3.63, 3.8) is 0 Å². The van der Waals surface area contributed by atoms with Crippen LogP contribution < -0.4 is 11.1 Å². The van der Waals surface area contributed by atoms with Gasteiger partial charge < -0.3 is 11.1 Å². The van der Waals surface area contributed by atoms with E-state index >= 15 is 0 Å². The summed E-state index contributed by atoms with van der Waals surface area (Å²) in [5.41, 5.74) is 6.49. The normalized spacial score (nSPS) is 9.95. The largest absolute Gasteiger partial charge is 0.389 e. The summed E-state index contributed by atoms with van der Waals surface area (Å²) in [7, 11) is 0. The molecule has 1 aromatic heterocycles. The smallest absolute Gasteiger partial charge is 0.255 e. The molecule has 0 saturated carbocycles. The molecule has 0 bridgehead atoms. The van der Waals surface area contributed by atoms with Crippen molar-refractivity contribution in [2.75, 3.05) is 5.32 Å². The molecule has 0 aliphatic carbocycles. The molecule has 0 aliphatic heterocycles. The Bertz CT molecular complexity index is 645. The van der Waals surface area contributed by atoms with E-state index in [2.05, 4.69) is 10.3 Å². The van der Waals surface area contributed by atoms with Crippen LogP contribution in [0.1, 0.15) is 15.9 Å². The summed E-state index contributed by atoms with van der Waals surface area (Å²) in [6.07, 6.45) is 2.42. The Hall–Kier alpha value is -2.34. The average molecular weight is 275 g/mol. The second kappa shape index (κ2) is 5.53. The first-order valence-electron chi connectivity index (χ1n) is 5.38. The zero-order valence-electron chi connectivity index (χ0n) is 9.76. The van der Waals surface area contributed by atoms with Gasteiger partial charge in [-0.25, -0.2) is 4.39 Å². The maximum absolute atomic E-state index is 13.4. The summed E-state index contributed by atoms with van der Waals surface area (Å²) in [4.78, 5) is 15.8. The molecule has 6 heteroatoms. The number of hydrogen-bond acceptors (Lipinski definition) is 3. The Labute approximate surface area is 114 Å². The molecular weight excluding hydrogens is 265 g/mol. The predicted molar refractivity (Wildman–Crippen MR) is 74.5 cm³/mol. The lowest BCUT2D eigenvalue weighted by Crippen LogP contribution is -2.15. The summed E-state index contributed by atoms with van der Waals surface area (Å²) in [6.45, 7) is 0. The average Bonchev–Trinajstić information content (AvgIpc) is 2.41. The first-order chi connectivity index (χ1) is 9.08. The van der Waals surface area contributed by atoms with Gasteiger partial charge in [0, 0.05) is 17.3 Å². The highest BCUT2D eigenvalue weighted by Crippen LogP contribution is 2.13. The molecule has 19 heavy (non-hydrogen) atoms. The van der Waals surface area contributed by atoms with E-state index in [4.69, 9.17) is 18.0 Å². The molecule has 3 N–H and O–H groups in total. The number of nitrogens with one attached hydrogen (secondary N) is 1. The minimum atomic E-state index is -0.596. The summed E-state index contributed by atoms with van der Waals surface area (Å²) in [5.74, 6) is -1.04. The molecule has 4 nitrogen and oxygen atoms in total. The van der Waals surface area contributed by atoms with Crippen molar-refractivity contribution >= 4 is 28.8 Å². The van der Waals surface area contributed by atoms with Gasteiger partial charge in [-0.05, 0) is 18.2 Å². The van der Waals surface area contributed by atoms with E-state index in [1.54, 1.807) is 24.3 Å². The Morgan fingerprint density at radius 1 is 1.32 bits per heavy atom. The third kappa shape index (κ3) is 3.11. The van der Waals surface area contributed by atoms with Crippen LogP contribution in [0.25, 0.3) is 0 Å². The molecule has 0 spiro atoms. The zero-order chi connectivity index (χ0) is 13.8. The van der Waals surface area contributed by atoms with Crippen molar-refractivity contribution in [2.24, 2.45) is 5.73 Å². The maximum atomic E-state index is 13.4. The topological polar surface area (TPSA) is 68.0 Å². The summed E-state index contributed by atoms with van der Waals surface area (Å²) < 4.78 is 13.4. The van der Waals surface area contributed by atoms with Crippen molar-refractivity contribution in [1.29, 1.82) is 0 Å². The summed E-state index contributed by atoms with van der Waals surface area (Å²) >= 11 is 4.84. The van der Waals surface area contributed by atoms with Crippen LogP contribution in [0.4, 0.5) is 10.1 Å². The number of nitrogens with zero attached hydrogens (tertiary/aromatic N) is 1. The van der Waals surface area contributed by atoms with Gasteiger partial charge in [-0.15, -0.1) is 0 Å². The van der Waals surface area contributed by atoms with E-state index in [-0.39, 0.29) is 10.7 Å². The molecule has 0 radical (unpaired) electrons. The van der Waals surface area contributed by atoms with E-state index in [0.29, 0.717) is 11.1 Å². The lowest BCUT2D eigenvalue weighted by Gasteiger charge is -2.07. The zero-order valence-corrected chi connectivity index (χ0v) is 10.6. The summed E-state index contributed by atoms with van der Waals surface area (Å²) in [5, 5.41) is 2.45. The molecule has 2 rings (SSSR count). The number of anilines is 1. The van der Waals surface area contributed by atoms with Crippen LogP contribution in [0, 0.1) is 5.82 Å². The third-order valence-electron chi connectivity index (χ3n) is 2.43. The molecule has 0 unspecified atom stereocenters. The Balaban J connectivity index is 2.23. The third-order valence-corrected chi connectivity index (χ3v) is 2.67. The van der Waals surface area contributed by atoms with E-state index in [1.807, 2.05) is 0 Å². The molecular formula is C13H10FN3OS. The fraction of sp³-hybridized carbons (Fsp3) is 0. The van der Waals surface area contributed by atoms with Gasteiger partial charge >= 0.3 is 0 Å². The molecule has 0 fully saturated rings. The van der Waals surface area contributed by atoms with Crippen LogP contribution in [0.3, 0.4) is 0 Å². The quantitative estimate of drug-likeness (QED) is 0.842. The number of rotatable bonds is 3. The number of amides is 1. The highest BCUT2D eigenvalue weighted by molar-refractivity contribution is 7.80. The Kier molecular flexibility index (Phi) is 3.82. The van der Waals surface area contributed by atoms with Crippen molar-refractivity contribution in [2.45, 2.75) is 0 Å². The number of nitrogens with two attached hydrogens (primary N) is 1. The number of thiocarbonyl (C=S) groups is 1. The molecule has 0 saturated heterocycles. The van der Waals surface area contributed by atoms with Gasteiger partial charge in [0.2, 0.25) is 0 Å². The number of carbonyl (C=O) groups excluding carboxylic acids is 1. The van der Waals surface area contributed by atoms with Gasteiger partial charge in [0.15, 0.2) is 5.82 Å². The second-order valence-electron chi connectivity index (χ2n) is 3.75.